The van der Waals surface area contributed by atoms with Crippen molar-refractivity contribution in [3.8, 4) is 0 Å². The molecule has 0 aromatic heterocycles. The average Bonchev–Trinajstić information content (AvgIpc) is 2.38. The number of hydrogen-bond donors (Lipinski definition) is 1. The van der Waals surface area contributed by atoms with Crippen LogP contribution in [0.2, 0.25) is 0 Å². The number of benzene rings is 1. The van der Waals surface area contributed by atoms with Gasteiger partial charge in [0.1, 0.15) is 0 Å². The molecule has 0 aliphatic carbocycles. The quantitative estimate of drug-likeness (QED) is 0.735. The Morgan fingerprint density at radius 3 is 2.05 bits per heavy atom. The highest BCUT2D eigenvalue weighted by atomic mass is 79.9. The predicted octanol–water partition coefficient (Wildman–Crippen LogP) is 4.81. The normalized spacial score (nSPS) is 11.4. The van der Waals surface area contributed by atoms with E-state index in [0.717, 1.165) is 29.4 Å². The maximum absolute atomic E-state index is 5.91. The van der Waals surface area contributed by atoms with E-state index in [-0.39, 0.29) is 0 Å². The number of nitrogens with zero attached hydrogens (tertiary/aromatic N) is 1. The molecule has 0 bridgehead atoms. The fourth-order valence-corrected chi connectivity index (χ4v) is 2.53. The summed E-state index contributed by atoms with van der Waals surface area (Å²) in [7, 11) is 0. The minimum atomic E-state index is 0.600. The molecule has 2 nitrogen and oxygen atoms in total. The van der Waals surface area contributed by atoms with Gasteiger partial charge in [-0.3, -0.25) is 0 Å². The molecule has 3 heteroatoms. The van der Waals surface area contributed by atoms with Gasteiger partial charge in [-0.05, 0) is 42.4 Å². The first-order valence-electron chi connectivity index (χ1n) is 7.67. The molecule has 0 unspecified atom stereocenters. The number of hydrogen-bond acceptors (Lipinski definition) is 2. The molecule has 0 radical (unpaired) electrons. The molecule has 0 aliphatic rings. The Balaban J connectivity index is 2.92. The molecule has 2 N–H and O–H groups in total. The summed E-state index contributed by atoms with van der Waals surface area (Å²) < 4.78 is 1.13. The lowest BCUT2D eigenvalue weighted by atomic mass is 10.1. The molecule has 1 aromatic rings. The second kappa shape index (κ2) is 8.68. The highest BCUT2D eigenvalue weighted by molar-refractivity contribution is 9.10. The van der Waals surface area contributed by atoms with Gasteiger partial charge in [-0.1, -0.05) is 49.7 Å². The van der Waals surface area contributed by atoms with Crippen molar-refractivity contribution in [2.75, 3.05) is 18.0 Å². The van der Waals surface area contributed by atoms with Crippen molar-refractivity contribution in [2.24, 2.45) is 17.6 Å². The standard InChI is InChI=1S/C17H29BrN2/c1-13(2)7-9-20(10-8-14(3)4)17-11-16(18)6-5-15(17)12-19/h5-6,11,13-14H,7-10,12,19H2,1-4H3. The first-order valence-corrected chi connectivity index (χ1v) is 8.46. The zero-order valence-corrected chi connectivity index (χ0v) is 14.9. The summed E-state index contributed by atoms with van der Waals surface area (Å²) in [6.07, 6.45) is 2.43. The fraction of sp³-hybridized carbons (Fsp3) is 0.647. The van der Waals surface area contributed by atoms with Crippen molar-refractivity contribution < 1.29 is 0 Å². The van der Waals surface area contributed by atoms with Crippen molar-refractivity contribution in [2.45, 2.75) is 47.1 Å². The van der Waals surface area contributed by atoms with Gasteiger partial charge in [-0.25, -0.2) is 0 Å². The zero-order valence-electron chi connectivity index (χ0n) is 13.3. The number of anilines is 1. The van der Waals surface area contributed by atoms with Crippen LogP contribution in [-0.2, 0) is 6.54 Å². The Morgan fingerprint density at radius 1 is 1.05 bits per heavy atom. The summed E-state index contributed by atoms with van der Waals surface area (Å²) >= 11 is 3.59. The molecule has 0 spiro atoms. The van der Waals surface area contributed by atoms with Crippen molar-refractivity contribution >= 4 is 21.6 Å². The van der Waals surface area contributed by atoms with Crippen LogP contribution in [0.15, 0.2) is 22.7 Å². The van der Waals surface area contributed by atoms with E-state index in [2.05, 4.69) is 66.7 Å². The minimum Gasteiger partial charge on any atom is -0.371 e. The van der Waals surface area contributed by atoms with Crippen molar-refractivity contribution in [3.05, 3.63) is 28.2 Å². The Hall–Kier alpha value is -0.540. The van der Waals surface area contributed by atoms with Gasteiger partial charge >= 0.3 is 0 Å². The van der Waals surface area contributed by atoms with E-state index < -0.39 is 0 Å². The van der Waals surface area contributed by atoms with Crippen LogP contribution < -0.4 is 10.6 Å². The molecule has 20 heavy (non-hydrogen) atoms. The monoisotopic (exact) mass is 340 g/mol. The maximum atomic E-state index is 5.91. The number of rotatable bonds is 8. The second-order valence-corrected chi connectivity index (χ2v) is 7.24. The van der Waals surface area contributed by atoms with Gasteiger partial charge in [0, 0.05) is 29.8 Å². The highest BCUT2D eigenvalue weighted by Gasteiger charge is 2.12. The van der Waals surface area contributed by atoms with Crippen molar-refractivity contribution in [1.29, 1.82) is 0 Å². The van der Waals surface area contributed by atoms with Crippen molar-refractivity contribution in [1.82, 2.24) is 0 Å². The summed E-state index contributed by atoms with van der Waals surface area (Å²) in [4.78, 5) is 2.51. The Morgan fingerprint density at radius 2 is 1.60 bits per heavy atom. The van der Waals surface area contributed by atoms with Crippen LogP contribution in [0.25, 0.3) is 0 Å². The van der Waals surface area contributed by atoms with Crippen LogP contribution >= 0.6 is 15.9 Å². The van der Waals surface area contributed by atoms with Gasteiger partial charge in [-0.15, -0.1) is 0 Å². The zero-order chi connectivity index (χ0) is 15.1. The lowest BCUT2D eigenvalue weighted by molar-refractivity contribution is 0.534. The molecule has 0 heterocycles. The molecule has 0 saturated heterocycles. The van der Waals surface area contributed by atoms with Crippen molar-refractivity contribution in [3.63, 3.8) is 0 Å². The van der Waals surface area contributed by atoms with E-state index in [4.69, 9.17) is 5.73 Å². The summed E-state index contributed by atoms with van der Waals surface area (Å²) in [5.41, 5.74) is 8.44. The summed E-state index contributed by atoms with van der Waals surface area (Å²) in [5.74, 6) is 1.45. The third kappa shape index (κ3) is 5.84. The Kier molecular flexibility index (Phi) is 7.60. The van der Waals surface area contributed by atoms with Gasteiger partial charge in [0.15, 0.2) is 0 Å². The smallest absolute Gasteiger partial charge is 0.0423 e. The SMILES string of the molecule is CC(C)CCN(CCC(C)C)c1cc(Br)ccc1CN. The maximum Gasteiger partial charge on any atom is 0.0423 e. The third-order valence-corrected chi connectivity index (χ3v) is 4.05. The summed E-state index contributed by atoms with van der Waals surface area (Å²) in [6.45, 7) is 11.9. The predicted molar refractivity (Wildman–Crippen MR) is 93.2 cm³/mol. The van der Waals surface area contributed by atoms with Crippen LogP contribution in [-0.4, -0.2) is 13.1 Å². The Labute approximate surface area is 132 Å². The second-order valence-electron chi connectivity index (χ2n) is 6.33. The molecular formula is C17H29BrN2. The average molecular weight is 341 g/mol. The van der Waals surface area contributed by atoms with E-state index in [0.29, 0.717) is 6.54 Å². The van der Waals surface area contributed by atoms with Gasteiger partial charge in [-0.2, -0.15) is 0 Å². The molecule has 1 rings (SSSR count). The number of nitrogens with two attached hydrogens (primary N) is 1. The lowest BCUT2D eigenvalue weighted by Crippen LogP contribution is -2.29. The third-order valence-electron chi connectivity index (χ3n) is 3.56. The first kappa shape index (κ1) is 17.5. The molecule has 0 atom stereocenters. The number of halogens is 1. The van der Waals surface area contributed by atoms with E-state index in [1.54, 1.807) is 0 Å². The molecular weight excluding hydrogens is 312 g/mol. The van der Waals surface area contributed by atoms with Gasteiger partial charge < -0.3 is 10.6 Å². The topological polar surface area (TPSA) is 29.3 Å². The first-order chi connectivity index (χ1) is 9.43. The molecule has 0 saturated carbocycles. The molecule has 114 valence electrons. The molecule has 0 aliphatic heterocycles. The highest BCUT2D eigenvalue weighted by Crippen LogP contribution is 2.26. The molecule has 0 amide bonds. The lowest BCUT2D eigenvalue weighted by Gasteiger charge is -2.29. The van der Waals surface area contributed by atoms with Crippen LogP contribution in [0.5, 0.6) is 0 Å². The van der Waals surface area contributed by atoms with E-state index in [1.807, 2.05) is 0 Å². The molecule has 0 fully saturated rings. The van der Waals surface area contributed by atoms with E-state index >= 15 is 0 Å². The van der Waals surface area contributed by atoms with E-state index in [9.17, 15) is 0 Å². The van der Waals surface area contributed by atoms with Crippen LogP contribution in [0, 0.1) is 11.8 Å². The van der Waals surface area contributed by atoms with Crippen LogP contribution in [0.1, 0.15) is 46.1 Å². The van der Waals surface area contributed by atoms with Gasteiger partial charge in [0.2, 0.25) is 0 Å². The fourth-order valence-electron chi connectivity index (χ4n) is 2.18. The molecule has 1 aromatic carbocycles. The van der Waals surface area contributed by atoms with E-state index in [1.165, 1.54) is 24.1 Å². The van der Waals surface area contributed by atoms with Gasteiger partial charge in [0.25, 0.3) is 0 Å². The Bertz CT molecular complexity index is 390. The largest absolute Gasteiger partial charge is 0.371 e. The summed E-state index contributed by atoms with van der Waals surface area (Å²) in [6, 6.07) is 6.43. The van der Waals surface area contributed by atoms with Crippen LogP contribution in [0.3, 0.4) is 0 Å². The van der Waals surface area contributed by atoms with Gasteiger partial charge in [0.05, 0.1) is 0 Å². The minimum absolute atomic E-state index is 0.600. The summed E-state index contributed by atoms with van der Waals surface area (Å²) in [5, 5.41) is 0. The van der Waals surface area contributed by atoms with Crippen LogP contribution in [0.4, 0.5) is 5.69 Å².